The van der Waals surface area contributed by atoms with Crippen LogP contribution in [0.15, 0.2) is 40.3 Å². The van der Waals surface area contributed by atoms with Gasteiger partial charge in [0.05, 0.1) is 17.8 Å². The number of anilines is 1. The molecule has 0 fully saturated rings. The highest BCUT2D eigenvalue weighted by molar-refractivity contribution is 6.31. The third kappa shape index (κ3) is 3.27. The number of methoxy groups -OCH3 is 1. The quantitative estimate of drug-likeness (QED) is 0.875. The van der Waals surface area contributed by atoms with Crippen molar-refractivity contribution in [2.24, 2.45) is 9.98 Å². The average Bonchev–Trinajstić information content (AvgIpc) is 2.71. The fourth-order valence-corrected chi connectivity index (χ4v) is 2.41. The van der Waals surface area contributed by atoms with Crippen LogP contribution in [0.25, 0.3) is 0 Å². The van der Waals surface area contributed by atoms with Crippen molar-refractivity contribution < 1.29 is 14.2 Å². The first-order valence-corrected chi connectivity index (χ1v) is 7.16. The van der Waals surface area contributed by atoms with Crippen molar-refractivity contribution in [2.45, 2.75) is 6.42 Å². The summed E-state index contributed by atoms with van der Waals surface area (Å²) in [6.45, 7) is 0. The summed E-state index contributed by atoms with van der Waals surface area (Å²) in [6, 6.07) is 7.56. The van der Waals surface area contributed by atoms with Crippen LogP contribution in [0.3, 0.4) is 0 Å². The monoisotopic (exact) mass is 333 g/mol. The van der Waals surface area contributed by atoms with Crippen molar-refractivity contribution in [2.75, 3.05) is 12.4 Å². The Labute approximate surface area is 137 Å². The molecule has 5 nitrogen and oxygen atoms in total. The number of phenols is 1. The van der Waals surface area contributed by atoms with E-state index in [1.807, 2.05) is 0 Å². The van der Waals surface area contributed by atoms with Gasteiger partial charge in [-0.05, 0) is 29.8 Å². The predicted molar refractivity (Wildman–Crippen MR) is 89.0 cm³/mol. The molecular weight excluding hydrogens is 321 g/mol. The number of amidine groups is 1. The van der Waals surface area contributed by atoms with E-state index in [9.17, 15) is 9.50 Å². The molecule has 0 atom stereocenters. The van der Waals surface area contributed by atoms with Crippen LogP contribution in [0.1, 0.15) is 5.56 Å². The van der Waals surface area contributed by atoms with E-state index in [-0.39, 0.29) is 10.8 Å². The molecular formula is C16H13ClFN3O2. The van der Waals surface area contributed by atoms with Crippen molar-refractivity contribution in [1.29, 1.82) is 0 Å². The lowest BCUT2D eigenvalue weighted by molar-refractivity contribution is 0.373. The van der Waals surface area contributed by atoms with Gasteiger partial charge in [-0.15, -0.1) is 0 Å². The Balaban J connectivity index is 1.86. The maximum absolute atomic E-state index is 13.2. The molecule has 0 spiro atoms. The lowest BCUT2D eigenvalue weighted by Crippen LogP contribution is -2.15. The Bertz CT molecular complexity index is 821. The fraction of sp³-hybridized carbons (Fsp3) is 0.125. The molecule has 1 aliphatic heterocycles. The number of aliphatic imine (C=N–C) groups is 2. The fourth-order valence-electron chi connectivity index (χ4n) is 2.23. The predicted octanol–water partition coefficient (Wildman–Crippen LogP) is 3.92. The Hall–Kier alpha value is -2.60. The highest BCUT2D eigenvalue weighted by Gasteiger charge is 2.14. The minimum atomic E-state index is -0.482. The largest absolute Gasteiger partial charge is 0.504 e. The smallest absolute Gasteiger partial charge is 0.162 e. The van der Waals surface area contributed by atoms with Crippen LogP contribution in [0, 0.1) is 5.82 Å². The van der Waals surface area contributed by atoms with Crippen LogP contribution < -0.4 is 10.1 Å². The molecule has 1 aliphatic rings. The number of aromatic hydroxyl groups is 1. The first-order valence-electron chi connectivity index (χ1n) is 6.78. The van der Waals surface area contributed by atoms with Gasteiger partial charge in [0.1, 0.15) is 18.0 Å². The molecule has 118 valence electrons. The molecule has 23 heavy (non-hydrogen) atoms. The third-order valence-corrected chi connectivity index (χ3v) is 3.65. The summed E-state index contributed by atoms with van der Waals surface area (Å²) in [5.41, 5.74) is 2.07. The second-order valence-corrected chi connectivity index (χ2v) is 5.31. The summed E-state index contributed by atoms with van der Waals surface area (Å²) in [5.74, 6) is 0.499. The van der Waals surface area contributed by atoms with Crippen LogP contribution in [0.4, 0.5) is 15.8 Å². The summed E-state index contributed by atoms with van der Waals surface area (Å²) in [6.07, 6.45) is 1.83. The average molecular weight is 334 g/mol. The molecule has 2 aromatic rings. The number of ether oxygens (including phenoxy) is 1. The van der Waals surface area contributed by atoms with Crippen LogP contribution >= 0.6 is 11.6 Å². The second kappa shape index (κ2) is 6.26. The zero-order chi connectivity index (χ0) is 16.4. The molecule has 1 heterocycles. The number of hydrogen-bond donors (Lipinski definition) is 2. The minimum Gasteiger partial charge on any atom is -0.504 e. The number of fused-ring (bicyclic) bond motifs is 1. The molecule has 0 aliphatic carbocycles. The van der Waals surface area contributed by atoms with Crippen LogP contribution in [-0.4, -0.2) is 24.4 Å². The molecule has 0 saturated carbocycles. The van der Waals surface area contributed by atoms with Crippen molar-refractivity contribution in [3.8, 4) is 11.5 Å². The van der Waals surface area contributed by atoms with Gasteiger partial charge in [-0.2, -0.15) is 0 Å². The number of nitrogens with zero attached hydrogens (tertiary/aromatic N) is 2. The molecule has 0 aromatic heterocycles. The molecule has 0 radical (unpaired) electrons. The third-order valence-electron chi connectivity index (χ3n) is 3.36. The van der Waals surface area contributed by atoms with Gasteiger partial charge >= 0.3 is 0 Å². The van der Waals surface area contributed by atoms with E-state index >= 15 is 0 Å². The number of hydrogen-bond acceptors (Lipinski definition) is 5. The molecule has 0 unspecified atom stereocenters. The Kier molecular flexibility index (Phi) is 4.16. The van der Waals surface area contributed by atoms with E-state index < -0.39 is 5.82 Å². The Morgan fingerprint density at radius 2 is 2.13 bits per heavy atom. The van der Waals surface area contributed by atoms with Gasteiger partial charge < -0.3 is 15.2 Å². The Morgan fingerprint density at radius 3 is 2.87 bits per heavy atom. The van der Waals surface area contributed by atoms with E-state index in [2.05, 4.69) is 15.3 Å². The zero-order valence-corrected chi connectivity index (χ0v) is 12.9. The van der Waals surface area contributed by atoms with E-state index in [1.54, 1.807) is 18.2 Å². The topological polar surface area (TPSA) is 66.2 Å². The number of nitrogens with one attached hydrogen (secondary N) is 1. The molecule has 7 heteroatoms. The van der Waals surface area contributed by atoms with E-state index in [0.717, 1.165) is 5.56 Å². The summed E-state index contributed by atoms with van der Waals surface area (Å²) in [4.78, 5) is 8.46. The summed E-state index contributed by atoms with van der Waals surface area (Å²) < 4.78 is 18.3. The standard InChI is InChI=1S/C16H13ClFN3O2/c1-23-15-7-13-9(4-14(15)22)5-16(20-8-19-13)21-10-2-3-12(18)11(17)6-10/h2-4,6-8,22H,5H2,1H3,(H,19,20,21). The van der Waals surface area contributed by atoms with Crippen LogP contribution in [-0.2, 0) is 6.42 Å². The van der Waals surface area contributed by atoms with Crippen molar-refractivity contribution in [3.63, 3.8) is 0 Å². The molecule has 2 N–H and O–H groups in total. The van der Waals surface area contributed by atoms with Crippen molar-refractivity contribution in [3.05, 3.63) is 46.7 Å². The molecule has 0 saturated heterocycles. The van der Waals surface area contributed by atoms with E-state index in [4.69, 9.17) is 16.3 Å². The number of benzene rings is 2. The van der Waals surface area contributed by atoms with Gasteiger partial charge in [-0.3, -0.25) is 0 Å². The molecule has 3 rings (SSSR count). The first-order chi connectivity index (χ1) is 11.1. The molecule has 0 amide bonds. The van der Waals surface area contributed by atoms with Crippen molar-refractivity contribution in [1.82, 2.24) is 0 Å². The van der Waals surface area contributed by atoms with Gasteiger partial charge in [-0.1, -0.05) is 11.6 Å². The van der Waals surface area contributed by atoms with Gasteiger partial charge in [0, 0.05) is 18.2 Å². The van der Waals surface area contributed by atoms with Gasteiger partial charge in [0.2, 0.25) is 0 Å². The van der Waals surface area contributed by atoms with E-state index in [1.165, 1.54) is 25.6 Å². The van der Waals surface area contributed by atoms with Crippen LogP contribution in [0.5, 0.6) is 11.5 Å². The van der Waals surface area contributed by atoms with E-state index in [0.29, 0.717) is 29.4 Å². The summed E-state index contributed by atoms with van der Waals surface area (Å²) >= 11 is 5.77. The normalized spacial score (nSPS) is 13.1. The van der Waals surface area contributed by atoms with Crippen molar-refractivity contribution >= 4 is 35.1 Å². The molecule has 0 bridgehead atoms. The second-order valence-electron chi connectivity index (χ2n) is 4.90. The summed E-state index contributed by atoms with van der Waals surface area (Å²) in [5, 5.41) is 13.0. The number of phenolic OH excluding ortho intramolecular Hbond substituents is 1. The lowest BCUT2D eigenvalue weighted by atomic mass is 10.1. The van der Waals surface area contributed by atoms with Gasteiger partial charge in [0.25, 0.3) is 0 Å². The maximum atomic E-state index is 13.2. The number of rotatable bonds is 2. The minimum absolute atomic E-state index is 0.0284. The molecule has 2 aromatic carbocycles. The highest BCUT2D eigenvalue weighted by atomic mass is 35.5. The highest BCUT2D eigenvalue weighted by Crippen LogP contribution is 2.35. The maximum Gasteiger partial charge on any atom is 0.162 e. The lowest BCUT2D eigenvalue weighted by Gasteiger charge is -2.11. The number of halogens is 2. The first kappa shape index (κ1) is 15.3. The summed E-state index contributed by atoms with van der Waals surface area (Å²) in [7, 11) is 1.48. The zero-order valence-electron chi connectivity index (χ0n) is 12.2. The van der Waals surface area contributed by atoms with Gasteiger partial charge in [0.15, 0.2) is 11.5 Å². The SMILES string of the molecule is COc1cc2c(cc1O)CC(Nc1ccc(F)c(Cl)c1)=NC=N2. The Morgan fingerprint density at radius 1 is 1.30 bits per heavy atom. The van der Waals surface area contributed by atoms with Gasteiger partial charge in [-0.25, -0.2) is 14.4 Å². The van der Waals surface area contributed by atoms with Crippen LogP contribution in [0.2, 0.25) is 5.02 Å².